The number of quaternary nitrogens is 1. The topological polar surface area (TPSA) is 52.4 Å². The van der Waals surface area contributed by atoms with Crippen LogP contribution in [0.4, 0.5) is 5.69 Å². The van der Waals surface area contributed by atoms with Gasteiger partial charge < -0.3 is 11.4 Å². The van der Waals surface area contributed by atoms with E-state index in [0.29, 0.717) is 5.88 Å². The molecule has 1 aromatic carbocycles. The maximum absolute atomic E-state index is 6.87. The molecule has 0 bridgehead atoms. The molecule has 0 aromatic heterocycles. The summed E-state index contributed by atoms with van der Waals surface area (Å²) in [5, 5.41) is 0. The van der Waals surface area contributed by atoms with Crippen molar-refractivity contribution >= 4 is 39.9 Å². The Balaban J connectivity index is 2.87. The van der Waals surface area contributed by atoms with Crippen LogP contribution in [0.1, 0.15) is 5.56 Å². The van der Waals surface area contributed by atoms with Crippen molar-refractivity contribution < 1.29 is 5.53 Å². The summed E-state index contributed by atoms with van der Waals surface area (Å²) in [5.41, 5.74) is 6.02. The van der Waals surface area contributed by atoms with Gasteiger partial charge in [-0.15, -0.1) is 11.6 Å². The van der Waals surface area contributed by atoms with Gasteiger partial charge in [-0.2, -0.15) is 0 Å². The normalized spacial score (nSPS) is 9.92. The van der Waals surface area contributed by atoms with Gasteiger partial charge >= 0.3 is 0 Å². The molecule has 0 spiro atoms. The first-order chi connectivity index (χ1) is 5.77. The number of hydrogen-bond acceptors (Lipinski definition) is 1. The number of nitrogen functional groups attached to an aromatic ring is 1. The van der Waals surface area contributed by atoms with Crippen molar-refractivity contribution in [3.05, 3.63) is 33.2 Å². The first-order valence-corrected chi connectivity index (χ1v) is 4.99. The summed E-state index contributed by atoms with van der Waals surface area (Å²) in [4.78, 5) is 0. The highest BCUT2D eigenvalue weighted by atomic mass is 127. The highest BCUT2D eigenvalue weighted by Crippen LogP contribution is 2.19. The lowest BCUT2D eigenvalue weighted by molar-refractivity contribution is -0.556. The number of alkyl halides is 1. The summed E-state index contributed by atoms with van der Waals surface area (Å²) < 4.78 is 1.08. The van der Waals surface area contributed by atoms with E-state index >= 15 is 0 Å². The van der Waals surface area contributed by atoms with Gasteiger partial charge in [0.1, 0.15) is 0 Å². The number of halogens is 2. The maximum atomic E-state index is 6.87. The molecular formula is C7H9ClIN3. The summed E-state index contributed by atoms with van der Waals surface area (Å²) >= 11 is 7.87. The van der Waals surface area contributed by atoms with E-state index in [4.69, 9.17) is 17.4 Å². The standard InChI is InChI=1S/C7H9ClIN3/c8-4-5-1-2-7(11-12-10)6(9)3-5/h1-3,10-11H,4,12H2. The molecule has 0 fully saturated rings. The largest absolute Gasteiger partial charge is 0.445 e. The van der Waals surface area contributed by atoms with Crippen LogP contribution in [0.2, 0.25) is 0 Å². The third-order valence-electron chi connectivity index (χ3n) is 1.42. The van der Waals surface area contributed by atoms with Gasteiger partial charge in [0.15, 0.2) is 0 Å². The van der Waals surface area contributed by atoms with E-state index < -0.39 is 0 Å². The van der Waals surface area contributed by atoms with E-state index in [1.54, 1.807) is 0 Å². The molecule has 0 saturated carbocycles. The van der Waals surface area contributed by atoms with E-state index in [1.165, 1.54) is 0 Å². The van der Waals surface area contributed by atoms with Crippen molar-refractivity contribution in [3.63, 3.8) is 0 Å². The summed E-state index contributed by atoms with van der Waals surface area (Å²) in [5.74, 6) is 7.40. The van der Waals surface area contributed by atoms with Gasteiger partial charge in [0.25, 0.3) is 0 Å². The lowest BCUT2D eigenvalue weighted by Gasteiger charge is -2.07. The smallest absolute Gasteiger partial charge is 0.0974 e. The molecule has 1 rings (SSSR count). The predicted molar refractivity (Wildman–Crippen MR) is 58.6 cm³/mol. The van der Waals surface area contributed by atoms with Gasteiger partial charge in [0.2, 0.25) is 0 Å². The Morgan fingerprint density at radius 3 is 2.83 bits per heavy atom. The minimum atomic E-state index is 0.529. The van der Waals surface area contributed by atoms with E-state index in [1.807, 2.05) is 18.2 Å². The van der Waals surface area contributed by atoms with E-state index in [-0.39, 0.29) is 0 Å². The number of hydrogen-bond donors (Lipinski definition) is 2. The zero-order chi connectivity index (χ0) is 8.97. The molecule has 0 atom stereocenters. The van der Waals surface area contributed by atoms with Crippen molar-refractivity contribution in [2.45, 2.75) is 5.88 Å². The first kappa shape index (κ1) is 10.0. The third-order valence-corrected chi connectivity index (χ3v) is 2.62. The summed E-state index contributed by atoms with van der Waals surface area (Å²) in [7, 11) is 0. The molecule has 12 heavy (non-hydrogen) atoms. The quantitative estimate of drug-likeness (QED) is 0.381. The molecule has 0 saturated heterocycles. The Hall–Kier alpha value is -0.0400. The lowest BCUT2D eigenvalue weighted by atomic mass is 10.2. The Morgan fingerprint density at radius 2 is 2.33 bits per heavy atom. The molecule has 3 nitrogen and oxygen atoms in total. The maximum Gasteiger partial charge on any atom is 0.0974 e. The van der Waals surface area contributed by atoms with Crippen LogP contribution in [0.15, 0.2) is 18.2 Å². The number of nitrogens with two attached hydrogens (primary N) is 1. The van der Waals surface area contributed by atoms with E-state index in [0.717, 1.165) is 20.4 Å². The van der Waals surface area contributed by atoms with Crippen molar-refractivity contribution in [1.82, 2.24) is 0 Å². The van der Waals surface area contributed by atoms with Gasteiger partial charge in [-0.25, -0.2) is 5.43 Å². The molecule has 66 valence electrons. The van der Waals surface area contributed by atoms with Gasteiger partial charge in [0, 0.05) is 9.45 Å². The van der Waals surface area contributed by atoms with Crippen molar-refractivity contribution in [3.8, 4) is 0 Å². The van der Waals surface area contributed by atoms with Gasteiger partial charge in [-0.05, 0) is 40.3 Å². The van der Waals surface area contributed by atoms with E-state index in [2.05, 4.69) is 28.0 Å². The zero-order valence-corrected chi connectivity index (χ0v) is 9.19. The Labute approximate surface area is 89.7 Å². The molecule has 1 aromatic rings. The molecule has 0 aliphatic carbocycles. The second-order valence-corrected chi connectivity index (χ2v) is 3.67. The van der Waals surface area contributed by atoms with Gasteiger partial charge in [-0.3, -0.25) is 0 Å². The Morgan fingerprint density at radius 1 is 1.58 bits per heavy atom. The van der Waals surface area contributed by atoms with E-state index in [9.17, 15) is 0 Å². The van der Waals surface area contributed by atoms with Crippen LogP contribution < -0.4 is 11.0 Å². The fourth-order valence-corrected chi connectivity index (χ4v) is 1.74. The SMILES string of the molecule is [NH-][NH2+]Nc1ccc(CCl)cc1I. The van der Waals surface area contributed by atoms with Crippen LogP contribution in [-0.4, -0.2) is 0 Å². The fourth-order valence-electron chi connectivity index (χ4n) is 0.837. The lowest BCUT2D eigenvalue weighted by Crippen LogP contribution is -2.80. The van der Waals surface area contributed by atoms with Gasteiger partial charge in [-0.1, -0.05) is 6.07 Å². The molecule has 0 aliphatic rings. The van der Waals surface area contributed by atoms with Crippen molar-refractivity contribution in [2.24, 2.45) is 0 Å². The van der Waals surface area contributed by atoms with Crippen LogP contribution >= 0.6 is 34.2 Å². The second kappa shape index (κ2) is 4.86. The Bertz CT molecular complexity index is 267. The number of benzene rings is 1. The first-order valence-electron chi connectivity index (χ1n) is 3.38. The molecule has 0 aliphatic heterocycles. The molecule has 0 radical (unpaired) electrons. The third kappa shape index (κ3) is 2.48. The number of nitrogens with one attached hydrogen (secondary N) is 2. The molecule has 0 heterocycles. The molecule has 4 N–H and O–H groups in total. The van der Waals surface area contributed by atoms with Crippen LogP contribution in [0.25, 0.3) is 5.84 Å². The number of rotatable bonds is 3. The van der Waals surface area contributed by atoms with Crippen molar-refractivity contribution in [1.29, 1.82) is 0 Å². The Kier molecular flexibility index (Phi) is 4.07. The molecule has 0 amide bonds. The highest BCUT2D eigenvalue weighted by molar-refractivity contribution is 14.1. The van der Waals surface area contributed by atoms with Crippen molar-refractivity contribution in [2.75, 3.05) is 5.43 Å². The predicted octanol–water partition coefficient (Wildman–Crippen LogP) is 1.89. The molecule has 0 unspecified atom stereocenters. The van der Waals surface area contributed by atoms with Crippen LogP contribution in [0.3, 0.4) is 0 Å². The number of anilines is 1. The average Bonchev–Trinajstić information content (AvgIpc) is 2.09. The summed E-state index contributed by atoms with van der Waals surface area (Å²) in [6, 6.07) is 5.87. The monoisotopic (exact) mass is 297 g/mol. The van der Waals surface area contributed by atoms with Gasteiger partial charge in [0.05, 0.1) is 5.69 Å². The second-order valence-electron chi connectivity index (χ2n) is 2.24. The zero-order valence-electron chi connectivity index (χ0n) is 6.27. The minimum absolute atomic E-state index is 0.529. The minimum Gasteiger partial charge on any atom is -0.445 e. The molecular weight excluding hydrogens is 288 g/mol. The van der Waals surface area contributed by atoms with Crippen LogP contribution in [0.5, 0.6) is 0 Å². The summed E-state index contributed by atoms with van der Waals surface area (Å²) in [6.07, 6.45) is 0. The summed E-state index contributed by atoms with van der Waals surface area (Å²) in [6.45, 7) is 0. The fraction of sp³-hybridized carbons (Fsp3) is 0.143. The highest BCUT2D eigenvalue weighted by Gasteiger charge is 1.99. The molecule has 5 heteroatoms. The van der Waals surface area contributed by atoms with Crippen LogP contribution in [-0.2, 0) is 5.88 Å². The van der Waals surface area contributed by atoms with Crippen LogP contribution in [0, 0.1) is 3.57 Å². The average molecular weight is 298 g/mol.